The van der Waals surface area contributed by atoms with E-state index in [1.54, 1.807) is 12.1 Å². The van der Waals surface area contributed by atoms with Gasteiger partial charge in [0.25, 0.3) is 5.69 Å². The first-order valence-corrected chi connectivity index (χ1v) is 8.36. The molecule has 0 saturated heterocycles. The monoisotopic (exact) mass is 422 g/mol. The second-order valence-electron chi connectivity index (χ2n) is 6.05. The van der Waals surface area contributed by atoms with Crippen LogP contribution in [0.4, 0.5) is 22.7 Å². The first-order chi connectivity index (χ1) is 14.7. The van der Waals surface area contributed by atoms with Crippen LogP contribution in [-0.4, -0.2) is 26.2 Å². The van der Waals surface area contributed by atoms with Crippen molar-refractivity contribution in [3.8, 4) is 12.1 Å². The molecular formula is C18H14N8O5. The molecule has 1 heterocycles. The van der Waals surface area contributed by atoms with Crippen LogP contribution in [0.3, 0.4) is 0 Å². The van der Waals surface area contributed by atoms with E-state index in [9.17, 15) is 25.0 Å². The Morgan fingerprint density at radius 1 is 1.13 bits per heavy atom. The first kappa shape index (κ1) is 22.3. The van der Waals surface area contributed by atoms with E-state index in [4.69, 9.17) is 16.3 Å². The molecule has 0 fully saturated rings. The standard InChI is InChI=1S/C10H8N4O.C8H6N4O4/c1-6-8(14-5-15)2-7(3-11)10-9(6)12-4-13-10;1-4-6(11(13)14)2-5(3-9)7(10)8(4)12(15)16/h2,4-5H,1H3,(H,12,13)(H,14,15);2H,10H2,1H3. The number of nitrogen functional groups attached to an aromatic ring is 1. The van der Waals surface area contributed by atoms with Crippen LogP contribution in [-0.2, 0) is 4.79 Å². The highest BCUT2D eigenvalue weighted by Crippen LogP contribution is 2.35. The van der Waals surface area contributed by atoms with E-state index >= 15 is 0 Å². The van der Waals surface area contributed by atoms with E-state index in [2.05, 4.69) is 21.4 Å². The maximum absolute atomic E-state index is 10.7. The van der Waals surface area contributed by atoms with Gasteiger partial charge < -0.3 is 16.0 Å². The zero-order valence-corrected chi connectivity index (χ0v) is 16.2. The number of hydrogen-bond acceptors (Lipinski definition) is 9. The smallest absolute Gasteiger partial charge is 0.303 e. The molecule has 0 aliphatic heterocycles. The summed E-state index contributed by atoms with van der Waals surface area (Å²) in [6.07, 6.45) is 2.12. The number of nitro benzene ring substituents is 2. The molecule has 0 aliphatic rings. The number of aromatic nitrogens is 2. The lowest BCUT2D eigenvalue weighted by atomic mass is 10.1. The van der Waals surface area contributed by atoms with Gasteiger partial charge in [0.15, 0.2) is 0 Å². The second-order valence-corrected chi connectivity index (χ2v) is 6.05. The van der Waals surface area contributed by atoms with Gasteiger partial charge in [-0.3, -0.25) is 25.0 Å². The molecule has 0 spiro atoms. The Morgan fingerprint density at radius 3 is 2.29 bits per heavy atom. The number of nitrogens with one attached hydrogen (secondary N) is 2. The van der Waals surface area contributed by atoms with Crippen LogP contribution in [0, 0.1) is 56.7 Å². The number of fused-ring (bicyclic) bond motifs is 1. The summed E-state index contributed by atoms with van der Waals surface area (Å²) >= 11 is 0. The highest BCUT2D eigenvalue weighted by Gasteiger charge is 2.27. The molecule has 31 heavy (non-hydrogen) atoms. The topological polar surface area (TPSA) is 218 Å². The fourth-order valence-corrected chi connectivity index (χ4v) is 2.83. The molecule has 13 heteroatoms. The number of carbonyl (C=O) groups excluding carboxylic acids is 1. The predicted molar refractivity (Wildman–Crippen MR) is 109 cm³/mol. The van der Waals surface area contributed by atoms with Gasteiger partial charge in [0.05, 0.1) is 38.3 Å². The summed E-state index contributed by atoms with van der Waals surface area (Å²) in [5, 5.41) is 41.4. The van der Waals surface area contributed by atoms with Gasteiger partial charge in [0.2, 0.25) is 6.41 Å². The molecule has 0 bridgehead atoms. The number of H-pyrrole nitrogens is 1. The van der Waals surface area contributed by atoms with Gasteiger partial charge in [-0.25, -0.2) is 4.98 Å². The molecule has 156 valence electrons. The Bertz CT molecular complexity index is 1300. The summed E-state index contributed by atoms with van der Waals surface area (Å²) in [6.45, 7) is 3.06. The Morgan fingerprint density at radius 2 is 1.77 bits per heavy atom. The lowest BCUT2D eigenvalue weighted by molar-refractivity contribution is -0.394. The largest absolute Gasteiger partial charge is 0.392 e. The van der Waals surface area contributed by atoms with Crippen LogP contribution in [0.25, 0.3) is 11.0 Å². The molecule has 0 atom stereocenters. The average Bonchev–Trinajstić information content (AvgIpc) is 3.21. The number of carbonyl (C=O) groups is 1. The second kappa shape index (κ2) is 8.97. The maximum Gasteiger partial charge on any atom is 0.303 e. The first-order valence-electron chi connectivity index (χ1n) is 8.36. The Kier molecular flexibility index (Phi) is 6.44. The number of benzene rings is 2. The number of aromatic amines is 1. The number of nitrogens with two attached hydrogens (primary N) is 1. The van der Waals surface area contributed by atoms with Crippen molar-refractivity contribution in [2.45, 2.75) is 13.8 Å². The molecule has 4 N–H and O–H groups in total. The lowest BCUT2D eigenvalue weighted by Crippen LogP contribution is -2.04. The molecule has 1 amide bonds. The molecule has 0 unspecified atom stereocenters. The van der Waals surface area contributed by atoms with E-state index in [1.807, 2.05) is 6.92 Å². The molecule has 2 aromatic carbocycles. The van der Waals surface area contributed by atoms with Crippen LogP contribution < -0.4 is 11.1 Å². The number of amides is 1. The fourth-order valence-electron chi connectivity index (χ4n) is 2.83. The van der Waals surface area contributed by atoms with Crippen LogP contribution in [0.15, 0.2) is 18.5 Å². The van der Waals surface area contributed by atoms with Crippen molar-refractivity contribution in [1.29, 1.82) is 10.5 Å². The minimum absolute atomic E-state index is 0.161. The SMILES string of the molecule is Cc1c(NC=O)cc(C#N)c2[nH]cnc12.Cc1c([N+](=O)[O-])cc(C#N)c(N)c1[N+](=O)[O-]. The highest BCUT2D eigenvalue weighted by atomic mass is 16.6. The van der Waals surface area contributed by atoms with Crippen molar-refractivity contribution in [2.75, 3.05) is 11.1 Å². The molecule has 0 saturated carbocycles. The van der Waals surface area contributed by atoms with Crippen LogP contribution >= 0.6 is 0 Å². The Labute approximate surface area is 174 Å². The summed E-state index contributed by atoms with van der Waals surface area (Å²) in [6, 6.07) is 6.19. The third kappa shape index (κ3) is 4.20. The van der Waals surface area contributed by atoms with Crippen molar-refractivity contribution in [1.82, 2.24) is 9.97 Å². The highest BCUT2D eigenvalue weighted by molar-refractivity contribution is 5.91. The van der Waals surface area contributed by atoms with E-state index in [-0.39, 0.29) is 16.8 Å². The zero-order chi connectivity index (χ0) is 23.3. The minimum Gasteiger partial charge on any atom is -0.392 e. The van der Waals surface area contributed by atoms with E-state index < -0.39 is 21.2 Å². The number of hydrogen-bond donors (Lipinski definition) is 3. The quantitative estimate of drug-likeness (QED) is 0.243. The van der Waals surface area contributed by atoms with Crippen molar-refractivity contribution in [2.24, 2.45) is 0 Å². The average molecular weight is 422 g/mol. The molecular weight excluding hydrogens is 408 g/mol. The number of imidazole rings is 1. The number of nitriles is 2. The molecule has 3 aromatic rings. The van der Waals surface area contributed by atoms with E-state index in [0.717, 1.165) is 11.6 Å². The molecule has 0 radical (unpaired) electrons. The summed E-state index contributed by atoms with van der Waals surface area (Å²) in [7, 11) is 0. The normalized spacial score (nSPS) is 9.68. The third-order valence-corrected chi connectivity index (χ3v) is 4.36. The summed E-state index contributed by atoms with van der Waals surface area (Å²) in [5.74, 6) is 0. The molecule has 1 aromatic heterocycles. The maximum atomic E-state index is 10.7. The molecule has 3 rings (SSSR count). The van der Waals surface area contributed by atoms with Crippen molar-refractivity contribution in [3.05, 3.63) is 60.9 Å². The Hall–Kier alpha value is -5.04. The van der Waals surface area contributed by atoms with Gasteiger partial charge >= 0.3 is 5.69 Å². The number of aryl methyl sites for hydroxylation is 1. The van der Waals surface area contributed by atoms with Gasteiger partial charge in [-0.15, -0.1) is 0 Å². The van der Waals surface area contributed by atoms with E-state index in [0.29, 0.717) is 28.7 Å². The summed E-state index contributed by atoms with van der Waals surface area (Å²) < 4.78 is 0. The molecule has 13 nitrogen and oxygen atoms in total. The van der Waals surface area contributed by atoms with E-state index in [1.165, 1.54) is 13.3 Å². The van der Waals surface area contributed by atoms with Gasteiger partial charge in [-0.1, -0.05) is 0 Å². The van der Waals surface area contributed by atoms with Crippen molar-refractivity contribution < 1.29 is 14.6 Å². The number of anilines is 2. The van der Waals surface area contributed by atoms with Crippen LogP contribution in [0.2, 0.25) is 0 Å². The van der Waals surface area contributed by atoms with Gasteiger partial charge in [-0.05, 0) is 19.9 Å². The van der Waals surface area contributed by atoms with Crippen LogP contribution in [0.1, 0.15) is 22.3 Å². The van der Waals surface area contributed by atoms with Crippen LogP contribution in [0.5, 0.6) is 0 Å². The fraction of sp³-hybridized carbons (Fsp3) is 0.111. The van der Waals surface area contributed by atoms with Gasteiger partial charge in [0, 0.05) is 17.3 Å². The summed E-state index contributed by atoms with van der Waals surface area (Å²) in [4.78, 5) is 37.0. The minimum atomic E-state index is -0.835. The van der Waals surface area contributed by atoms with Crippen molar-refractivity contribution >= 4 is 40.2 Å². The van der Waals surface area contributed by atoms with Gasteiger partial charge in [-0.2, -0.15) is 10.5 Å². The van der Waals surface area contributed by atoms with Crippen molar-refractivity contribution in [3.63, 3.8) is 0 Å². The van der Waals surface area contributed by atoms with Gasteiger partial charge in [0.1, 0.15) is 23.4 Å². The number of nitro groups is 2. The Balaban J connectivity index is 0.000000220. The number of rotatable bonds is 4. The zero-order valence-electron chi connectivity index (χ0n) is 16.2. The third-order valence-electron chi connectivity index (χ3n) is 4.36. The predicted octanol–water partition coefficient (Wildman–Crippen LogP) is 2.58. The summed E-state index contributed by atoms with van der Waals surface area (Å²) in [5.41, 5.74) is 6.85. The lowest BCUT2D eigenvalue weighted by Gasteiger charge is -2.05. The number of nitrogens with zero attached hydrogens (tertiary/aromatic N) is 5. The molecule has 0 aliphatic carbocycles.